The van der Waals surface area contributed by atoms with Crippen LogP contribution in [0.15, 0.2) is 132 Å². The van der Waals surface area contributed by atoms with E-state index in [1.165, 1.54) is 53.9 Å². The summed E-state index contributed by atoms with van der Waals surface area (Å²) in [5, 5.41) is 7.71. The van der Waals surface area contributed by atoms with Crippen LogP contribution < -0.4 is 19.7 Å². The fourth-order valence-corrected chi connectivity index (χ4v) is 12.2. The van der Waals surface area contributed by atoms with Gasteiger partial charge >= 0.3 is 15.6 Å². The number of carbonyl (C=O) groups excluding carboxylic acids is 1. The van der Waals surface area contributed by atoms with Gasteiger partial charge in [-0.05, 0) is 80.9 Å². The maximum absolute atomic E-state index is 15.8. The molecule has 0 saturated carbocycles. The molecule has 65 heavy (non-hydrogen) atoms. The molecule has 12 nitrogen and oxygen atoms in total. The molecule has 2 saturated heterocycles. The first kappa shape index (κ1) is 44.5. The Morgan fingerprint density at radius 3 is 2.08 bits per heavy atom. The lowest BCUT2D eigenvalue weighted by molar-refractivity contribution is -0.113. The molecule has 340 valence electrons. The van der Waals surface area contributed by atoms with Gasteiger partial charge in [-0.15, -0.1) is 0 Å². The summed E-state index contributed by atoms with van der Waals surface area (Å²) in [6.07, 6.45) is 2.86. The van der Waals surface area contributed by atoms with E-state index in [-0.39, 0.29) is 41.6 Å². The molecular formula is C48H49F3N6O6S2. The van der Waals surface area contributed by atoms with Crippen LogP contribution in [0.4, 0.5) is 30.2 Å². The molecule has 4 aliphatic heterocycles. The van der Waals surface area contributed by atoms with Crippen LogP contribution >= 0.6 is 0 Å². The van der Waals surface area contributed by atoms with Crippen molar-refractivity contribution in [3.63, 3.8) is 0 Å². The number of likely N-dealkylation sites (tertiary alicyclic amines) is 2. The van der Waals surface area contributed by atoms with Gasteiger partial charge in [0.1, 0.15) is 0 Å². The van der Waals surface area contributed by atoms with Crippen molar-refractivity contribution in [2.75, 3.05) is 56.3 Å². The summed E-state index contributed by atoms with van der Waals surface area (Å²) in [5.41, 5.74) is -1.11. The third-order valence-electron chi connectivity index (χ3n) is 13.7. The SMILES string of the molecule is Cc1ccc(S(=O)(=O)N(C)C/C=C(\C(=O)N(Cc2ccccc2)c2ccccc2OS(=O)(=O)C(F)(F)F)c2cccc3c2N[C@@H]2N(C)CC[C@]32[C@@]23CCN(C)[C@@H]2Nc2ccccc23)cc1. The lowest BCUT2D eigenvalue weighted by atomic mass is 9.55. The molecule has 5 aromatic rings. The number of fused-ring (bicyclic) bond motifs is 7. The topological polar surface area (TPSA) is 132 Å². The molecule has 1 amide bonds. The number of rotatable bonds is 12. The molecule has 4 atom stereocenters. The number of sulfonamides is 1. The molecule has 0 radical (unpaired) electrons. The molecule has 0 aliphatic carbocycles. The van der Waals surface area contributed by atoms with Crippen LogP contribution in [-0.4, -0.2) is 95.5 Å². The molecule has 0 bridgehead atoms. The van der Waals surface area contributed by atoms with E-state index in [9.17, 15) is 30.0 Å². The van der Waals surface area contributed by atoms with Crippen molar-refractivity contribution in [3.8, 4) is 5.75 Å². The lowest BCUT2D eigenvalue weighted by Gasteiger charge is -2.48. The van der Waals surface area contributed by atoms with Crippen molar-refractivity contribution in [3.05, 3.63) is 155 Å². The van der Waals surface area contributed by atoms with Crippen LogP contribution in [0.1, 0.15) is 40.7 Å². The average Bonchev–Trinajstić information content (AvgIpc) is 4.01. The fraction of sp³-hybridized carbons (Fsp3) is 0.312. The Kier molecular flexibility index (Phi) is 11.2. The lowest BCUT2D eigenvalue weighted by Crippen LogP contribution is -2.60. The number of hydrogen-bond acceptors (Lipinski definition) is 10. The summed E-state index contributed by atoms with van der Waals surface area (Å²) in [4.78, 5) is 21.6. The average molecular weight is 927 g/mol. The van der Waals surface area contributed by atoms with Crippen LogP contribution in [0, 0.1) is 6.92 Å². The third-order valence-corrected chi connectivity index (χ3v) is 16.5. The number of aryl methyl sites for hydroxylation is 1. The number of nitrogens with zero attached hydrogens (tertiary/aromatic N) is 4. The number of anilines is 3. The highest BCUT2D eigenvalue weighted by atomic mass is 32.2. The van der Waals surface area contributed by atoms with Crippen molar-refractivity contribution in [1.29, 1.82) is 0 Å². The Hall–Kier alpha value is -5.72. The van der Waals surface area contributed by atoms with Gasteiger partial charge in [0.2, 0.25) is 10.0 Å². The minimum Gasteiger partial charge on any atom is -0.374 e. The van der Waals surface area contributed by atoms with E-state index in [1.54, 1.807) is 48.5 Å². The third kappa shape index (κ3) is 7.19. The van der Waals surface area contributed by atoms with Crippen LogP contribution in [0.2, 0.25) is 0 Å². The van der Waals surface area contributed by atoms with Gasteiger partial charge in [0.15, 0.2) is 5.75 Å². The highest BCUT2D eigenvalue weighted by Crippen LogP contribution is 2.66. The van der Waals surface area contributed by atoms with Gasteiger partial charge in [0.25, 0.3) is 5.91 Å². The van der Waals surface area contributed by atoms with Crippen LogP contribution in [0.5, 0.6) is 5.75 Å². The second kappa shape index (κ2) is 16.3. The van der Waals surface area contributed by atoms with Gasteiger partial charge in [0, 0.05) is 60.0 Å². The molecule has 5 aromatic carbocycles. The number of alkyl halides is 3. The Labute approximate surface area is 377 Å². The number of carbonyl (C=O) groups is 1. The van der Waals surface area contributed by atoms with Gasteiger partial charge in [-0.25, -0.2) is 8.42 Å². The van der Waals surface area contributed by atoms with Crippen molar-refractivity contribution in [2.45, 2.75) is 59.9 Å². The van der Waals surface area contributed by atoms with Gasteiger partial charge in [0.05, 0.1) is 29.5 Å². The second-order valence-corrected chi connectivity index (χ2v) is 20.9. The first-order valence-electron chi connectivity index (χ1n) is 21.3. The van der Waals surface area contributed by atoms with Gasteiger partial charge < -0.3 is 19.7 Å². The minimum atomic E-state index is -6.16. The van der Waals surface area contributed by atoms with Gasteiger partial charge in [-0.3, -0.25) is 14.6 Å². The first-order chi connectivity index (χ1) is 30.9. The molecule has 0 unspecified atom stereocenters. The summed E-state index contributed by atoms with van der Waals surface area (Å²) >= 11 is 0. The molecule has 4 aliphatic rings. The van der Waals surface area contributed by atoms with E-state index in [2.05, 4.69) is 58.8 Å². The van der Waals surface area contributed by atoms with E-state index < -0.39 is 48.1 Å². The molecule has 2 fully saturated rings. The minimum absolute atomic E-state index is 0.0324. The maximum atomic E-state index is 15.8. The quantitative estimate of drug-likeness (QED) is 0.0737. The number of likely N-dealkylation sites (N-methyl/N-ethyl adjacent to an activating group) is 3. The Morgan fingerprint density at radius 2 is 1.38 bits per heavy atom. The van der Waals surface area contributed by atoms with Crippen molar-refractivity contribution >= 4 is 48.7 Å². The standard InChI is InChI=1S/C48H49F3N6O6S2/c1-32-21-23-34(24-22-32)64(59,60)56(4)28-25-36(43(58)57(31-33-13-6-5-7-14-33)40-19-10-11-20-41(40)63-65(61,62)48(49,50)51)35-15-12-17-38-42(35)53-45-47(38,27-30-55(45)3)46-26-29-54(2)44(46)52-39-18-9-8-16-37(39)46/h5-25,44-45,52-53H,26-31H2,1-4H3/b36-25-/t44-,45+,46+,47-/m0/s1. The smallest absolute Gasteiger partial charge is 0.374 e. The molecule has 9 rings (SSSR count). The maximum Gasteiger partial charge on any atom is 0.534 e. The monoisotopic (exact) mass is 926 g/mol. The number of benzene rings is 5. The highest BCUT2D eigenvalue weighted by Gasteiger charge is 2.71. The largest absolute Gasteiger partial charge is 0.534 e. The Bertz CT molecular complexity index is 2920. The van der Waals surface area contributed by atoms with E-state index >= 15 is 4.79 Å². The van der Waals surface area contributed by atoms with E-state index in [1.807, 2.05) is 19.1 Å². The zero-order valence-corrected chi connectivity index (χ0v) is 37.8. The van der Waals surface area contributed by atoms with Crippen LogP contribution in [0.25, 0.3) is 5.57 Å². The van der Waals surface area contributed by atoms with E-state index in [0.717, 1.165) is 53.1 Å². The summed E-state index contributed by atoms with van der Waals surface area (Å²) in [6.45, 7) is 2.96. The second-order valence-electron chi connectivity index (χ2n) is 17.3. The summed E-state index contributed by atoms with van der Waals surface area (Å²) < 4.78 is 100. The number of nitrogens with one attached hydrogen (secondary N) is 2. The molecule has 0 aromatic heterocycles. The summed E-state index contributed by atoms with van der Waals surface area (Å²) in [5.74, 6) is -1.46. The molecular weight excluding hydrogens is 878 g/mol. The molecule has 17 heteroatoms. The molecule has 4 heterocycles. The number of para-hydroxylation sites is 4. The van der Waals surface area contributed by atoms with Crippen molar-refractivity contribution in [2.24, 2.45) is 0 Å². The van der Waals surface area contributed by atoms with E-state index in [4.69, 9.17) is 4.18 Å². The first-order valence-corrected chi connectivity index (χ1v) is 24.1. The zero-order valence-electron chi connectivity index (χ0n) is 36.2. The number of halogens is 3. The summed E-state index contributed by atoms with van der Waals surface area (Å²) in [6, 6.07) is 34.4. The Balaban J connectivity index is 1.23. The fourth-order valence-electron chi connectivity index (χ4n) is 10.6. The number of hydrogen-bond donors (Lipinski definition) is 2. The van der Waals surface area contributed by atoms with Gasteiger partial charge in [-0.2, -0.15) is 25.9 Å². The van der Waals surface area contributed by atoms with E-state index in [0.29, 0.717) is 16.8 Å². The van der Waals surface area contributed by atoms with Crippen molar-refractivity contribution < 1.29 is 39.0 Å². The Morgan fingerprint density at radius 1 is 0.785 bits per heavy atom. The zero-order chi connectivity index (χ0) is 46.1. The van der Waals surface area contributed by atoms with Gasteiger partial charge in [-0.1, -0.05) is 103 Å². The normalized spacial score (nSPS) is 23.0. The number of amides is 1. The van der Waals surface area contributed by atoms with Crippen LogP contribution in [-0.2, 0) is 42.3 Å². The van der Waals surface area contributed by atoms with Crippen molar-refractivity contribution in [1.82, 2.24) is 14.1 Å². The highest BCUT2D eigenvalue weighted by molar-refractivity contribution is 7.89. The van der Waals surface area contributed by atoms with Crippen LogP contribution in [0.3, 0.4) is 0 Å². The predicted octanol–water partition coefficient (Wildman–Crippen LogP) is 7.51. The molecule has 0 spiro atoms. The predicted molar refractivity (Wildman–Crippen MR) is 244 cm³/mol. The summed E-state index contributed by atoms with van der Waals surface area (Å²) in [7, 11) is -4.64. The molecule has 2 N–H and O–H groups in total.